The van der Waals surface area contributed by atoms with Crippen molar-refractivity contribution in [3.63, 3.8) is 0 Å². The average molecular weight is 434 g/mol. The Hall–Kier alpha value is -3.23. The fourth-order valence-electron chi connectivity index (χ4n) is 2.77. The van der Waals surface area contributed by atoms with Gasteiger partial charge in [-0.2, -0.15) is 0 Å². The summed E-state index contributed by atoms with van der Waals surface area (Å²) in [6.07, 6.45) is 0.207. The molecule has 0 aliphatic carbocycles. The summed E-state index contributed by atoms with van der Waals surface area (Å²) in [4.78, 5) is 58.5. The maximum Gasteiger partial charge on any atom is 0.407 e. The van der Waals surface area contributed by atoms with Crippen LogP contribution in [0, 0.1) is 5.92 Å². The van der Waals surface area contributed by atoms with Crippen molar-refractivity contribution in [2.75, 3.05) is 18.4 Å². The van der Waals surface area contributed by atoms with Crippen LogP contribution in [0.15, 0.2) is 18.2 Å². The zero-order valence-electron chi connectivity index (χ0n) is 18.4. The van der Waals surface area contributed by atoms with Gasteiger partial charge in [0.1, 0.15) is 11.4 Å². The first-order chi connectivity index (χ1) is 14.4. The van der Waals surface area contributed by atoms with Crippen LogP contribution in [-0.2, 0) is 14.3 Å². The zero-order valence-corrected chi connectivity index (χ0v) is 18.4. The van der Waals surface area contributed by atoms with Crippen LogP contribution in [0.5, 0.6) is 0 Å². The molecule has 1 rings (SSSR count). The van der Waals surface area contributed by atoms with Crippen LogP contribution in [0.1, 0.15) is 67.7 Å². The van der Waals surface area contributed by atoms with Gasteiger partial charge in [-0.1, -0.05) is 0 Å². The van der Waals surface area contributed by atoms with E-state index in [1.165, 1.54) is 19.1 Å². The van der Waals surface area contributed by atoms with E-state index in [1.54, 1.807) is 26.8 Å². The molecular weight excluding hydrogens is 402 g/mol. The number of hydrogen-bond donors (Lipinski definition) is 3. The number of nitrogens with one attached hydrogen (secondary N) is 2. The second-order valence-electron chi connectivity index (χ2n) is 8.24. The predicted molar refractivity (Wildman–Crippen MR) is 116 cm³/mol. The first-order valence-electron chi connectivity index (χ1n) is 10.0. The van der Waals surface area contributed by atoms with Crippen molar-refractivity contribution in [3.8, 4) is 0 Å². The molecule has 9 nitrogen and oxygen atoms in total. The lowest BCUT2D eigenvalue weighted by molar-refractivity contribution is -0.122. The van der Waals surface area contributed by atoms with E-state index in [9.17, 15) is 24.0 Å². The molecule has 0 aromatic heterocycles. The van der Waals surface area contributed by atoms with E-state index in [2.05, 4.69) is 10.6 Å². The van der Waals surface area contributed by atoms with Crippen LogP contribution in [0.4, 0.5) is 10.5 Å². The lowest BCUT2D eigenvalue weighted by Gasteiger charge is -2.19. The Balaban J connectivity index is 2.70. The molecule has 2 amide bonds. The predicted octanol–water partition coefficient (Wildman–Crippen LogP) is 2.48. The van der Waals surface area contributed by atoms with Gasteiger partial charge in [-0.3, -0.25) is 14.4 Å². The van der Waals surface area contributed by atoms with E-state index in [0.29, 0.717) is 25.1 Å². The van der Waals surface area contributed by atoms with Crippen LogP contribution in [0.2, 0.25) is 0 Å². The summed E-state index contributed by atoms with van der Waals surface area (Å²) in [5.74, 6) is -1.91. The Labute approximate surface area is 182 Å². The van der Waals surface area contributed by atoms with Crippen LogP contribution in [-0.4, -0.2) is 48.5 Å². The molecule has 0 saturated carbocycles. The van der Waals surface area contributed by atoms with E-state index in [1.807, 2.05) is 0 Å². The quantitative estimate of drug-likeness (QED) is 0.261. The molecule has 0 radical (unpaired) electrons. The molecule has 31 heavy (non-hydrogen) atoms. The number of nitrogens with two attached hydrogens (primary N) is 1. The Morgan fingerprint density at radius 2 is 1.84 bits per heavy atom. The Morgan fingerprint density at radius 3 is 2.39 bits per heavy atom. The van der Waals surface area contributed by atoms with Gasteiger partial charge in [0.05, 0.1) is 0 Å². The molecule has 9 heteroatoms. The first kappa shape index (κ1) is 25.8. The van der Waals surface area contributed by atoms with E-state index < -0.39 is 29.3 Å². The molecule has 1 aromatic rings. The van der Waals surface area contributed by atoms with E-state index in [-0.39, 0.29) is 36.2 Å². The normalized spacial score (nSPS) is 11.9. The highest BCUT2D eigenvalue weighted by Gasteiger charge is 2.22. The molecule has 1 aromatic carbocycles. The topological polar surface area (TPSA) is 145 Å². The largest absolute Gasteiger partial charge is 0.444 e. The standard InChI is InChI=1S/C22H31N3O6/c1-14(27)5-6-15(20(23)29)12-19(28)18-8-7-17(11-16(18)13-26)24-9-10-25-21(30)31-22(2,3)4/h7-8,11,13,15,24H,5-6,9-10,12H2,1-4H3,(H2,23,29)(H,25,30). The van der Waals surface area contributed by atoms with Gasteiger partial charge >= 0.3 is 6.09 Å². The third-order valence-corrected chi connectivity index (χ3v) is 4.28. The number of carbonyl (C=O) groups is 5. The minimum Gasteiger partial charge on any atom is -0.444 e. The number of rotatable bonds is 12. The lowest BCUT2D eigenvalue weighted by Crippen LogP contribution is -2.35. The Morgan fingerprint density at radius 1 is 1.16 bits per heavy atom. The fourth-order valence-corrected chi connectivity index (χ4v) is 2.77. The van der Waals surface area contributed by atoms with Crippen LogP contribution < -0.4 is 16.4 Å². The van der Waals surface area contributed by atoms with Gasteiger partial charge < -0.3 is 25.9 Å². The fraction of sp³-hybridized carbons (Fsp3) is 0.500. The number of anilines is 1. The molecule has 0 heterocycles. The highest BCUT2D eigenvalue weighted by atomic mass is 16.6. The van der Waals surface area contributed by atoms with Crippen molar-refractivity contribution < 1.29 is 28.7 Å². The minimum atomic E-state index is -0.771. The molecule has 4 N–H and O–H groups in total. The van der Waals surface area contributed by atoms with Crippen LogP contribution in [0.25, 0.3) is 0 Å². The summed E-state index contributed by atoms with van der Waals surface area (Å²) in [6, 6.07) is 4.64. The second kappa shape index (κ2) is 11.8. The Bertz CT molecular complexity index is 829. The number of ether oxygens (including phenoxy) is 1. The van der Waals surface area contributed by atoms with E-state index in [0.717, 1.165) is 0 Å². The summed E-state index contributed by atoms with van der Waals surface area (Å²) in [6.45, 7) is 7.37. The van der Waals surface area contributed by atoms with Crippen LogP contribution >= 0.6 is 0 Å². The molecule has 170 valence electrons. The van der Waals surface area contributed by atoms with E-state index in [4.69, 9.17) is 10.5 Å². The summed E-state index contributed by atoms with van der Waals surface area (Å²) >= 11 is 0. The number of ketones is 2. The molecule has 0 aliphatic heterocycles. The third kappa shape index (κ3) is 9.88. The second-order valence-corrected chi connectivity index (χ2v) is 8.24. The van der Waals surface area contributed by atoms with Crippen LogP contribution in [0.3, 0.4) is 0 Å². The number of hydrogen-bond acceptors (Lipinski definition) is 7. The minimum absolute atomic E-state index is 0.0936. The number of amides is 2. The number of benzene rings is 1. The summed E-state index contributed by atoms with van der Waals surface area (Å²) < 4.78 is 5.13. The molecule has 0 spiro atoms. The number of Topliss-reactive ketones (excluding diaryl/α,β-unsaturated/α-hetero) is 2. The number of primary amides is 1. The molecular formula is C22H31N3O6. The van der Waals surface area contributed by atoms with Gasteiger partial charge in [-0.05, 0) is 52.3 Å². The Kier molecular flexibility index (Phi) is 9.85. The van der Waals surface area contributed by atoms with E-state index >= 15 is 0 Å². The van der Waals surface area contributed by atoms with Crippen molar-refractivity contribution in [2.45, 2.75) is 52.6 Å². The van der Waals surface area contributed by atoms with Gasteiger partial charge in [-0.15, -0.1) is 0 Å². The molecule has 1 atom stereocenters. The SMILES string of the molecule is CC(=O)CCC(CC(=O)c1ccc(NCCNC(=O)OC(C)(C)C)cc1C=O)C(N)=O. The third-order valence-electron chi connectivity index (χ3n) is 4.28. The molecule has 0 fully saturated rings. The van der Waals surface area contributed by atoms with Gasteiger partial charge in [0, 0.05) is 48.7 Å². The molecule has 0 aliphatic rings. The summed E-state index contributed by atoms with van der Waals surface area (Å²) in [5, 5.41) is 5.65. The van der Waals surface area contributed by atoms with Gasteiger partial charge in [0.25, 0.3) is 0 Å². The summed E-state index contributed by atoms with van der Waals surface area (Å²) in [5.41, 5.74) is 5.70. The average Bonchev–Trinajstić information content (AvgIpc) is 2.66. The first-order valence-corrected chi connectivity index (χ1v) is 10.0. The smallest absolute Gasteiger partial charge is 0.407 e. The molecule has 0 saturated heterocycles. The monoisotopic (exact) mass is 433 g/mol. The highest BCUT2D eigenvalue weighted by Crippen LogP contribution is 2.20. The molecule has 0 bridgehead atoms. The van der Waals surface area contributed by atoms with Gasteiger partial charge in [0.15, 0.2) is 12.1 Å². The van der Waals surface area contributed by atoms with Crippen molar-refractivity contribution in [1.29, 1.82) is 0 Å². The van der Waals surface area contributed by atoms with Crippen molar-refractivity contribution in [2.24, 2.45) is 11.7 Å². The van der Waals surface area contributed by atoms with Crippen molar-refractivity contribution in [3.05, 3.63) is 29.3 Å². The maximum absolute atomic E-state index is 12.6. The maximum atomic E-state index is 12.6. The highest BCUT2D eigenvalue weighted by molar-refractivity contribution is 6.04. The molecule has 1 unspecified atom stereocenters. The van der Waals surface area contributed by atoms with Crippen molar-refractivity contribution in [1.82, 2.24) is 5.32 Å². The number of carbonyl (C=O) groups excluding carboxylic acids is 5. The number of alkyl carbamates (subject to hydrolysis) is 1. The lowest BCUT2D eigenvalue weighted by atomic mass is 9.91. The van der Waals surface area contributed by atoms with Gasteiger partial charge in [-0.25, -0.2) is 4.79 Å². The summed E-state index contributed by atoms with van der Waals surface area (Å²) in [7, 11) is 0. The number of aldehydes is 1. The van der Waals surface area contributed by atoms with Crippen molar-refractivity contribution >= 4 is 35.5 Å². The van der Waals surface area contributed by atoms with Gasteiger partial charge in [0.2, 0.25) is 5.91 Å². The zero-order chi connectivity index (χ0) is 23.6.